The molecule has 1 aromatic heterocycles. The molecule has 0 unspecified atom stereocenters. The Morgan fingerprint density at radius 2 is 1.73 bits per heavy atom. The molecule has 1 aliphatic rings. The van der Waals surface area contributed by atoms with Crippen LogP contribution in [-0.2, 0) is 4.79 Å². The number of amides is 3. The van der Waals surface area contributed by atoms with Crippen molar-refractivity contribution < 1.29 is 14.3 Å². The van der Waals surface area contributed by atoms with Gasteiger partial charge in [-0.2, -0.15) is 9.88 Å². The van der Waals surface area contributed by atoms with Crippen LogP contribution in [0.2, 0.25) is 0 Å². The third kappa shape index (κ3) is 2.98. The Kier molecular flexibility index (Phi) is 4.03. The summed E-state index contributed by atoms with van der Waals surface area (Å²) >= 11 is 0. The van der Waals surface area contributed by atoms with Gasteiger partial charge in [-0.3, -0.25) is 4.79 Å². The maximum atomic E-state index is 11.8. The number of rotatable bonds is 4. The molecule has 0 spiro atoms. The van der Waals surface area contributed by atoms with E-state index in [1.165, 1.54) is 6.20 Å². The van der Waals surface area contributed by atoms with Crippen molar-refractivity contribution in [3.05, 3.63) is 66.9 Å². The van der Waals surface area contributed by atoms with Crippen molar-refractivity contribution in [1.82, 2.24) is 15.3 Å². The predicted molar refractivity (Wildman–Crippen MR) is 94.9 cm³/mol. The number of carbonyl (C=O) groups is 2. The van der Waals surface area contributed by atoms with E-state index in [2.05, 4.69) is 15.3 Å². The SMILES string of the molecule is O=C1CNC(=O)N1c1nccc(Oc2ccccc2-c2ccccc2)n1. The number of carbonyl (C=O) groups excluding carboxylic acids is 2. The molecule has 1 N–H and O–H groups in total. The quantitative estimate of drug-likeness (QED) is 0.734. The molecule has 4 rings (SSSR count). The van der Waals surface area contributed by atoms with E-state index in [-0.39, 0.29) is 18.4 Å². The van der Waals surface area contributed by atoms with Crippen molar-refractivity contribution in [3.8, 4) is 22.8 Å². The van der Waals surface area contributed by atoms with Gasteiger partial charge in [0.25, 0.3) is 5.91 Å². The van der Waals surface area contributed by atoms with Gasteiger partial charge in [0.05, 0.1) is 6.54 Å². The minimum absolute atomic E-state index is 0.0142. The Bertz CT molecular complexity index is 959. The molecule has 3 aromatic rings. The van der Waals surface area contributed by atoms with Crippen LogP contribution in [0.1, 0.15) is 0 Å². The normalized spacial score (nSPS) is 13.6. The summed E-state index contributed by atoms with van der Waals surface area (Å²) in [4.78, 5) is 32.7. The average molecular weight is 346 g/mol. The van der Waals surface area contributed by atoms with E-state index in [1.807, 2.05) is 54.6 Å². The Morgan fingerprint density at radius 3 is 2.50 bits per heavy atom. The molecule has 2 heterocycles. The Balaban J connectivity index is 1.66. The highest BCUT2D eigenvalue weighted by molar-refractivity contribution is 6.18. The number of nitrogens with one attached hydrogen (secondary N) is 1. The van der Waals surface area contributed by atoms with Crippen LogP contribution in [0.15, 0.2) is 66.9 Å². The minimum atomic E-state index is -0.545. The minimum Gasteiger partial charge on any atom is -0.438 e. The first-order valence-electron chi connectivity index (χ1n) is 7.98. The van der Waals surface area contributed by atoms with Gasteiger partial charge in [-0.15, -0.1) is 0 Å². The molecule has 1 saturated heterocycles. The fourth-order valence-electron chi connectivity index (χ4n) is 2.65. The number of nitrogens with zero attached hydrogens (tertiary/aromatic N) is 3. The van der Waals surface area contributed by atoms with Gasteiger partial charge in [0, 0.05) is 17.8 Å². The highest BCUT2D eigenvalue weighted by atomic mass is 16.5. The van der Waals surface area contributed by atoms with Crippen molar-refractivity contribution in [3.63, 3.8) is 0 Å². The zero-order valence-corrected chi connectivity index (χ0v) is 13.6. The first kappa shape index (κ1) is 15.8. The number of ether oxygens (including phenoxy) is 1. The fraction of sp³-hybridized carbons (Fsp3) is 0.0526. The highest BCUT2D eigenvalue weighted by Crippen LogP contribution is 2.32. The van der Waals surface area contributed by atoms with Crippen molar-refractivity contribution >= 4 is 17.9 Å². The zero-order chi connectivity index (χ0) is 17.9. The Labute approximate surface area is 149 Å². The molecular formula is C19H14N4O3. The summed E-state index contributed by atoms with van der Waals surface area (Å²) < 4.78 is 5.91. The van der Waals surface area contributed by atoms with Crippen LogP contribution in [-0.4, -0.2) is 28.5 Å². The third-order valence-corrected chi connectivity index (χ3v) is 3.85. The van der Waals surface area contributed by atoms with Crippen LogP contribution >= 0.6 is 0 Å². The fourth-order valence-corrected chi connectivity index (χ4v) is 2.65. The Morgan fingerprint density at radius 1 is 0.962 bits per heavy atom. The van der Waals surface area contributed by atoms with E-state index in [1.54, 1.807) is 6.07 Å². The molecule has 0 aliphatic carbocycles. The molecule has 0 atom stereocenters. The van der Waals surface area contributed by atoms with Gasteiger partial charge in [-0.05, 0) is 11.6 Å². The van der Waals surface area contributed by atoms with Gasteiger partial charge >= 0.3 is 6.03 Å². The van der Waals surface area contributed by atoms with Crippen LogP contribution in [0.5, 0.6) is 11.6 Å². The van der Waals surface area contributed by atoms with Gasteiger partial charge in [0.15, 0.2) is 0 Å². The van der Waals surface area contributed by atoms with Gasteiger partial charge < -0.3 is 10.1 Å². The van der Waals surface area contributed by atoms with Crippen LogP contribution in [0, 0.1) is 0 Å². The summed E-state index contributed by atoms with van der Waals surface area (Å²) in [6.45, 7) is -0.0654. The number of hydrogen-bond acceptors (Lipinski definition) is 5. The van der Waals surface area contributed by atoms with Gasteiger partial charge in [0.1, 0.15) is 5.75 Å². The molecule has 3 amide bonds. The second-order valence-corrected chi connectivity index (χ2v) is 5.55. The number of anilines is 1. The lowest BCUT2D eigenvalue weighted by molar-refractivity contribution is -0.115. The van der Waals surface area contributed by atoms with E-state index < -0.39 is 11.9 Å². The summed E-state index contributed by atoms with van der Waals surface area (Å²) in [7, 11) is 0. The lowest BCUT2D eigenvalue weighted by Gasteiger charge is -2.13. The number of para-hydroxylation sites is 1. The van der Waals surface area contributed by atoms with E-state index in [4.69, 9.17) is 4.74 Å². The maximum Gasteiger partial charge on any atom is 0.331 e. The molecular weight excluding hydrogens is 332 g/mol. The summed E-state index contributed by atoms with van der Waals surface area (Å²) in [5.74, 6) is 0.433. The molecule has 0 radical (unpaired) electrons. The summed E-state index contributed by atoms with van der Waals surface area (Å²) in [6.07, 6.45) is 1.45. The molecule has 0 bridgehead atoms. The number of hydrogen-bond donors (Lipinski definition) is 1. The predicted octanol–water partition coefficient (Wildman–Crippen LogP) is 2.99. The van der Waals surface area contributed by atoms with Crippen LogP contribution in [0.3, 0.4) is 0 Å². The lowest BCUT2D eigenvalue weighted by atomic mass is 10.1. The zero-order valence-electron chi connectivity index (χ0n) is 13.6. The van der Waals surface area contributed by atoms with Crippen molar-refractivity contribution in [2.75, 3.05) is 11.4 Å². The molecule has 7 nitrogen and oxygen atoms in total. The van der Waals surface area contributed by atoms with E-state index in [9.17, 15) is 9.59 Å². The lowest BCUT2D eigenvalue weighted by Crippen LogP contribution is -2.32. The largest absolute Gasteiger partial charge is 0.438 e. The highest BCUT2D eigenvalue weighted by Gasteiger charge is 2.32. The van der Waals surface area contributed by atoms with E-state index in [0.717, 1.165) is 16.0 Å². The summed E-state index contributed by atoms with van der Waals surface area (Å²) in [5, 5.41) is 2.43. The molecule has 2 aromatic carbocycles. The number of urea groups is 1. The molecule has 128 valence electrons. The van der Waals surface area contributed by atoms with E-state index >= 15 is 0 Å². The Hall–Kier alpha value is -3.74. The molecule has 1 aliphatic heterocycles. The monoisotopic (exact) mass is 346 g/mol. The van der Waals surface area contributed by atoms with Crippen molar-refractivity contribution in [2.24, 2.45) is 0 Å². The number of imide groups is 1. The van der Waals surface area contributed by atoms with Gasteiger partial charge in [-0.1, -0.05) is 48.5 Å². The molecule has 26 heavy (non-hydrogen) atoms. The van der Waals surface area contributed by atoms with Crippen LogP contribution in [0.25, 0.3) is 11.1 Å². The van der Waals surface area contributed by atoms with E-state index in [0.29, 0.717) is 5.75 Å². The first-order valence-corrected chi connectivity index (χ1v) is 7.98. The molecule has 1 fully saturated rings. The number of benzene rings is 2. The average Bonchev–Trinajstić information content (AvgIpc) is 3.01. The maximum absolute atomic E-state index is 11.8. The smallest absolute Gasteiger partial charge is 0.331 e. The first-order chi connectivity index (χ1) is 12.7. The second-order valence-electron chi connectivity index (χ2n) is 5.55. The standard InChI is InChI=1S/C19H14N4O3/c24-17-12-21-19(25)23(17)18-20-11-10-16(22-18)26-15-9-5-4-8-14(15)13-6-2-1-3-7-13/h1-11H,12H2,(H,21,25). The van der Waals surface area contributed by atoms with Gasteiger partial charge in [-0.25, -0.2) is 9.78 Å². The molecule has 7 heteroatoms. The van der Waals surface area contributed by atoms with Gasteiger partial charge in [0.2, 0.25) is 11.8 Å². The third-order valence-electron chi connectivity index (χ3n) is 3.85. The van der Waals surface area contributed by atoms with Crippen molar-refractivity contribution in [1.29, 1.82) is 0 Å². The second kappa shape index (κ2) is 6.64. The number of aromatic nitrogens is 2. The summed E-state index contributed by atoms with van der Waals surface area (Å²) in [6, 6.07) is 18.4. The summed E-state index contributed by atoms with van der Waals surface area (Å²) in [5.41, 5.74) is 1.91. The van der Waals surface area contributed by atoms with Crippen LogP contribution < -0.4 is 15.0 Å². The topological polar surface area (TPSA) is 84.4 Å². The van der Waals surface area contributed by atoms with Crippen LogP contribution in [0.4, 0.5) is 10.7 Å². The van der Waals surface area contributed by atoms with Crippen molar-refractivity contribution in [2.45, 2.75) is 0 Å². The molecule has 0 saturated carbocycles.